The number of carbonyl (C=O) groups excluding carboxylic acids is 1. The van der Waals surface area contributed by atoms with Crippen LogP contribution in [0.5, 0.6) is 0 Å². The molecule has 1 aromatic rings. The van der Waals surface area contributed by atoms with Crippen LogP contribution in [0.15, 0.2) is 30.3 Å². The summed E-state index contributed by atoms with van der Waals surface area (Å²) in [5, 5.41) is 13.7. The molecule has 2 atom stereocenters. The van der Waals surface area contributed by atoms with Gasteiger partial charge in [-0.15, -0.1) is 0 Å². The minimum absolute atomic E-state index is 0.396. The van der Waals surface area contributed by atoms with Gasteiger partial charge in [-0.05, 0) is 39.8 Å². The summed E-state index contributed by atoms with van der Waals surface area (Å²) in [6, 6.07) is 9.50. The Hall–Kier alpha value is -1.63. The van der Waals surface area contributed by atoms with Crippen LogP contribution in [0.25, 0.3) is 0 Å². The molecule has 6 nitrogen and oxygen atoms in total. The molecule has 1 saturated heterocycles. The van der Waals surface area contributed by atoms with E-state index < -0.39 is 23.8 Å². The first-order chi connectivity index (χ1) is 12.2. The molecule has 2 N–H and O–H groups in total. The molecule has 1 fully saturated rings. The van der Waals surface area contributed by atoms with Gasteiger partial charge < -0.3 is 20.1 Å². The van der Waals surface area contributed by atoms with Crippen LogP contribution in [0, 0.1) is 0 Å². The van der Waals surface area contributed by atoms with Gasteiger partial charge in [-0.3, -0.25) is 4.90 Å². The first-order valence-corrected chi connectivity index (χ1v) is 9.35. The molecule has 0 saturated carbocycles. The zero-order valence-electron chi connectivity index (χ0n) is 16.4. The molecule has 0 bridgehead atoms. The second kappa shape index (κ2) is 9.35. The molecular formula is C20H33N3O3. The molecular weight excluding hydrogens is 330 g/mol. The maximum Gasteiger partial charge on any atom is 0.407 e. The molecule has 1 aliphatic heterocycles. The fraction of sp³-hybridized carbons (Fsp3) is 0.650. The van der Waals surface area contributed by atoms with Crippen molar-refractivity contribution in [1.82, 2.24) is 15.1 Å². The number of hydrogen-bond acceptors (Lipinski definition) is 5. The summed E-state index contributed by atoms with van der Waals surface area (Å²) in [5.41, 5.74) is 0.509. The Balaban J connectivity index is 2.00. The van der Waals surface area contributed by atoms with E-state index in [9.17, 15) is 9.90 Å². The van der Waals surface area contributed by atoms with Gasteiger partial charge in [-0.25, -0.2) is 4.79 Å². The summed E-state index contributed by atoms with van der Waals surface area (Å²) in [7, 11) is 2.11. The van der Waals surface area contributed by atoms with Gasteiger partial charge >= 0.3 is 6.09 Å². The molecule has 1 aliphatic rings. The van der Waals surface area contributed by atoms with Crippen LogP contribution in [0.3, 0.4) is 0 Å². The van der Waals surface area contributed by atoms with Crippen molar-refractivity contribution in [1.29, 1.82) is 0 Å². The van der Waals surface area contributed by atoms with Crippen molar-refractivity contribution >= 4 is 6.09 Å². The lowest BCUT2D eigenvalue weighted by atomic mass is 10.0. The summed E-state index contributed by atoms with van der Waals surface area (Å²) < 4.78 is 5.38. The Bertz CT molecular complexity index is 551. The summed E-state index contributed by atoms with van der Waals surface area (Å²) in [5.74, 6) is 0. The number of β-amino-alcohol motifs (C(OH)–C–C–N with tert-alkyl or cyclic N) is 1. The van der Waals surface area contributed by atoms with Gasteiger partial charge in [-0.2, -0.15) is 0 Å². The van der Waals surface area contributed by atoms with E-state index in [0.29, 0.717) is 13.0 Å². The van der Waals surface area contributed by atoms with E-state index in [1.54, 1.807) is 0 Å². The van der Waals surface area contributed by atoms with E-state index in [-0.39, 0.29) is 0 Å². The molecule has 0 radical (unpaired) electrons. The Morgan fingerprint density at radius 1 is 1.19 bits per heavy atom. The third-order valence-corrected chi connectivity index (χ3v) is 4.51. The number of carbonyl (C=O) groups is 1. The fourth-order valence-corrected chi connectivity index (χ4v) is 3.03. The molecule has 2 rings (SSSR count). The third-order valence-electron chi connectivity index (χ3n) is 4.51. The van der Waals surface area contributed by atoms with Crippen molar-refractivity contribution < 1.29 is 14.6 Å². The maximum atomic E-state index is 12.2. The van der Waals surface area contributed by atoms with Gasteiger partial charge in [-0.1, -0.05) is 30.3 Å². The highest BCUT2D eigenvalue weighted by Crippen LogP contribution is 2.12. The SMILES string of the molecule is CN1CCN(C[C@@H](O)[C@H](Cc2ccccc2)NC(=O)OC(C)(C)C)CC1. The second-order valence-electron chi connectivity index (χ2n) is 8.11. The number of rotatable bonds is 6. The van der Waals surface area contributed by atoms with Crippen molar-refractivity contribution in [2.45, 2.75) is 44.9 Å². The number of amides is 1. The molecule has 1 aromatic carbocycles. The zero-order chi connectivity index (χ0) is 19.2. The first-order valence-electron chi connectivity index (χ1n) is 9.35. The van der Waals surface area contributed by atoms with Gasteiger partial charge in [0.15, 0.2) is 0 Å². The van der Waals surface area contributed by atoms with Crippen LogP contribution >= 0.6 is 0 Å². The Labute approximate surface area is 157 Å². The average molecular weight is 364 g/mol. The average Bonchev–Trinajstić information content (AvgIpc) is 2.55. The van der Waals surface area contributed by atoms with Crippen molar-refractivity contribution in [3.63, 3.8) is 0 Å². The molecule has 1 heterocycles. The number of nitrogens with one attached hydrogen (secondary N) is 1. The van der Waals surface area contributed by atoms with Crippen LogP contribution < -0.4 is 5.32 Å². The van der Waals surface area contributed by atoms with Crippen LogP contribution in [0.2, 0.25) is 0 Å². The second-order valence-corrected chi connectivity index (χ2v) is 8.11. The van der Waals surface area contributed by atoms with Crippen molar-refractivity contribution in [2.75, 3.05) is 39.8 Å². The van der Waals surface area contributed by atoms with E-state index in [1.165, 1.54) is 0 Å². The summed E-state index contributed by atoms with van der Waals surface area (Å²) in [6.07, 6.45) is -0.586. The van der Waals surface area contributed by atoms with E-state index in [2.05, 4.69) is 22.2 Å². The van der Waals surface area contributed by atoms with Gasteiger partial charge in [0.05, 0.1) is 12.1 Å². The molecule has 6 heteroatoms. The molecule has 0 unspecified atom stereocenters. The first kappa shape index (κ1) is 20.7. The van der Waals surface area contributed by atoms with Crippen LogP contribution in [0.1, 0.15) is 26.3 Å². The number of piperazine rings is 1. The summed E-state index contributed by atoms with van der Waals surface area (Å²) >= 11 is 0. The number of ether oxygens (including phenoxy) is 1. The summed E-state index contributed by atoms with van der Waals surface area (Å²) in [4.78, 5) is 16.8. The summed E-state index contributed by atoms with van der Waals surface area (Å²) in [6.45, 7) is 9.89. The Morgan fingerprint density at radius 3 is 2.38 bits per heavy atom. The molecule has 0 aromatic heterocycles. The minimum Gasteiger partial charge on any atom is -0.444 e. The van der Waals surface area contributed by atoms with E-state index >= 15 is 0 Å². The fourth-order valence-electron chi connectivity index (χ4n) is 3.03. The molecule has 1 amide bonds. The van der Waals surface area contributed by atoms with Crippen LogP contribution in [-0.2, 0) is 11.2 Å². The van der Waals surface area contributed by atoms with Gasteiger partial charge in [0.2, 0.25) is 0 Å². The third kappa shape index (κ3) is 7.32. The smallest absolute Gasteiger partial charge is 0.407 e. The number of nitrogens with zero attached hydrogens (tertiary/aromatic N) is 2. The zero-order valence-corrected chi connectivity index (χ0v) is 16.4. The topological polar surface area (TPSA) is 65.0 Å². The molecule has 146 valence electrons. The lowest BCUT2D eigenvalue weighted by Gasteiger charge is -2.35. The van der Waals surface area contributed by atoms with Gasteiger partial charge in [0.1, 0.15) is 5.60 Å². The lowest BCUT2D eigenvalue weighted by molar-refractivity contribution is 0.0319. The molecule has 0 spiro atoms. The number of alkyl carbamates (subject to hydrolysis) is 1. The number of aliphatic hydroxyl groups is 1. The highest BCUT2D eigenvalue weighted by molar-refractivity contribution is 5.68. The number of likely N-dealkylation sites (N-methyl/N-ethyl adjacent to an activating group) is 1. The van der Waals surface area contributed by atoms with Gasteiger partial charge in [0, 0.05) is 32.7 Å². The van der Waals surface area contributed by atoms with E-state index in [0.717, 1.165) is 31.7 Å². The monoisotopic (exact) mass is 363 g/mol. The molecule has 26 heavy (non-hydrogen) atoms. The standard InChI is InChI=1S/C20H33N3O3/c1-20(2,3)26-19(25)21-17(14-16-8-6-5-7-9-16)18(24)15-23-12-10-22(4)11-13-23/h5-9,17-18,24H,10-15H2,1-4H3,(H,21,25)/t17-,18+/m0/s1. The van der Waals surface area contributed by atoms with Crippen LogP contribution in [0.4, 0.5) is 4.79 Å². The predicted octanol–water partition coefficient (Wildman–Crippen LogP) is 1.73. The number of benzene rings is 1. The van der Waals surface area contributed by atoms with Crippen molar-refractivity contribution in [3.8, 4) is 0 Å². The quantitative estimate of drug-likeness (QED) is 0.806. The van der Waals surface area contributed by atoms with E-state index in [1.807, 2.05) is 51.1 Å². The Morgan fingerprint density at radius 2 is 1.81 bits per heavy atom. The van der Waals surface area contributed by atoms with Crippen molar-refractivity contribution in [2.24, 2.45) is 0 Å². The van der Waals surface area contributed by atoms with E-state index in [4.69, 9.17) is 4.74 Å². The lowest BCUT2D eigenvalue weighted by Crippen LogP contribution is -2.53. The minimum atomic E-state index is -0.661. The predicted molar refractivity (Wildman–Crippen MR) is 103 cm³/mol. The van der Waals surface area contributed by atoms with Gasteiger partial charge in [0.25, 0.3) is 0 Å². The largest absolute Gasteiger partial charge is 0.444 e. The highest BCUT2D eigenvalue weighted by Gasteiger charge is 2.27. The number of hydrogen-bond donors (Lipinski definition) is 2. The van der Waals surface area contributed by atoms with Crippen molar-refractivity contribution in [3.05, 3.63) is 35.9 Å². The van der Waals surface area contributed by atoms with Crippen LogP contribution in [-0.4, -0.2) is 78.5 Å². The highest BCUT2D eigenvalue weighted by atomic mass is 16.6. The maximum absolute atomic E-state index is 12.2. The number of aliphatic hydroxyl groups excluding tert-OH is 1. The Kier molecular flexibility index (Phi) is 7.43. The molecule has 0 aliphatic carbocycles. The normalized spacial score (nSPS) is 19.0.